The van der Waals surface area contributed by atoms with Crippen molar-refractivity contribution in [3.63, 3.8) is 0 Å². The maximum atomic E-state index is 15.4. The first-order valence-electron chi connectivity index (χ1n) is 20.5. The summed E-state index contributed by atoms with van der Waals surface area (Å²) in [4.78, 5) is 31.5. The van der Waals surface area contributed by atoms with Gasteiger partial charge in [-0.2, -0.15) is 5.26 Å². The highest BCUT2D eigenvalue weighted by Crippen LogP contribution is 2.67. The van der Waals surface area contributed by atoms with Crippen molar-refractivity contribution in [1.29, 1.82) is 5.26 Å². The van der Waals surface area contributed by atoms with Gasteiger partial charge in [0.15, 0.2) is 27.9 Å². The molecule has 316 valence electrons. The van der Waals surface area contributed by atoms with E-state index in [1.807, 2.05) is 58.2 Å². The average Bonchev–Trinajstić information content (AvgIpc) is 3.64. The molecule has 0 aromatic heterocycles. The highest BCUT2D eigenvalue weighted by atomic mass is 32.2. The summed E-state index contributed by atoms with van der Waals surface area (Å²) in [6.07, 6.45) is 0.852. The van der Waals surface area contributed by atoms with Crippen LogP contribution in [0.3, 0.4) is 0 Å². The van der Waals surface area contributed by atoms with Gasteiger partial charge in [0.25, 0.3) is 0 Å². The zero-order valence-corrected chi connectivity index (χ0v) is 36.0. The molecule has 3 aromatic rings. The average molecular weight is 837 g/mol. The Morgan fingerprint density at radius 3 is 2.60 bits per heavy atom. The SMILES string of the molecule is COc1c(C)cc2c(c1O)C1[C@@H]3[C@@H]4S[C@]5(N[C@@H](CNC(C)C)CC(c6ccccc6N)=C5C)C(=O)OC[C@@H](c5c6c(c(C)c(OC(C)=O)c54)OCO6)N3C(C#N)(C2)CN1C. The number of para-hydroxylation sites is 1. The lowest BCUT2D eigenvalue weighted by Gasteiger charge is -2.59. The fraction of sp³-hybridized carbons (Fsp3) is 0.489. The van der Waals surface area contributed by atoms with E-state index in [9.17, 15) is 15.2 Å². The number of phenolic OH excluding ortho intramolecular Hbond substituents is 1. The second kappa shape index (κ2) is 14.6. The number of piperazine rings is 1. The largest absolute Gasteiger partial charge is 0.504 e. The summed E-state index contributed by atoms with van der Waals surface area (Å²) in [5.74, 6) is 0.589. The fourth-order valence-corrected chi connectivity index (χ4v) is 12.8. The molecule has 8 aliphatic heterocycles. The fourth-order valence-electron chi connectivity index (χ4n) is 11.0. The summed E-state index contributed by atoms with van der Waals surface area (Å²) >= 11 is 1.39. The lowest BCUT2D eigenvalue weighted by atomic mass is 9.76. The molecule has 0 amide bonds. The Kier molecular flexibility index (Phi) is 9.83. The van der Waals surface area contributed by atoms with Crippen molar-refractivity contribution in [2.24, 2.45) is 0 Å². The third kappa shape index (κ3) is 5.82. The molecule has 3 unspecified atom stereocenters. The number of hydrogen-bond donors (Lipinski definition) is 4. The van der Waals surface area contributed by atoms with Crippen LogP contribution in [0, 0.1) is 25.2 Å². The van der Waals surface area contributed by atoms with Crippen LogP contribution < -0.4 is 35.3 Å². The summed E-state index contributed by atoms with van der Waals surface area (Å²) in [5, 5.41) is 30.6. The number of aryl methyl sites for hydroxylation is 1. The van der Waals surface area contributed by atoms with E-state index in [1.165, 1.54) is 18.7 Å². The van der Waals surface area contributed by atoms with E-state index >= 15 is 4.79 Å². The van der Waals surface area contributed by atoms with Crippen LogP contribution >= 0.6 is 11.8 Å². The third-order valence-corrected chi connectivity index (χ3v) is 15.0. The van der Waals surface area contributed by atoms with Crippen LogP contribution in [0.15, 0.2) is 35.9 Å². The summed E-state index contributed by atoms with van der Waals surface area (Å²) in [6, 6.07) is 10.5. The Hall–Kier alpha value is -4.98. The molecule has 2 saturated heterocycles. The first kappa shape index (κ1) is 40.4. The summed E-state index contributed by atoms with van der Waals surface area (Å²) in [7, 11) is 3.52. The number of likely N-dealkylation sites (N-methyl/N-ethyl adjacent to an activating group) is 1. The van der Waals surface area contributed by atoms with E-state index < -0.39 is 45.7 Å². The number of esters is 2. The monoisotopic (exact) mass is 836 g/mol. The summed E-state index contributed by atoms with van der Waals surface area (Å²) in [5.41, 5.74) is 12.8. The second-order valence-electron chi connectivity index (χ2n) is 17.3. The second-order valence-corrected chi connectivity index (χ2v) is 18.7. The van der Waals surface area contributed by atoms with E-state index in [1.54, 1.807) is 7.11 Å². The van der Waals surface area contributed by atoms with Crippen molar-refractivity contribution in [2.75, 3.05) is 46.4 Å². The Morgan fingerprint density at radius 1 is 1.15 bits per heavy atom. The third-order valence-electron chi connectivity index (χ3n) is 13.3. The highest BCUT2D eigenvalue weighted by molar-refractivity contribution is 8.01. The molecule has 15 heteroatoms. The molecule has 60 heavy (non-hydrogen) atoms. The van der Waals surface area contributed by atoms with Gasteiger partial charge in [0.1, 0.15) is 17.9 Å². The van der Waals surface area contributed by atoms with E-state index in [4.69, 9.17) is 29.4 Å². The first-order chi connectivity index (χ1) is 28.7. The number of nitrogens with one attached hydrogen (secondary N) is 2. The molecule has 0 aliphatic carbocycles. The number of phenols is 1. The Morgan fingerprint density at radius 2 is 1.90 bits per heavy atom. The van der Waals surface area contributed by atoms with E-state index in [0.29, 0.717) is 70.4 Å². The zero-order valence-electron chi connectivity index (χ0n) is 35.2. The minimum absolute atomic E-state index is 0.0126. The van der Waals surface area contributed by atoms with Gasteiger partial charge in [0.2, 0.25) is 6.79 Å². The number of nitrogens with two attached hydrogens (primary N) is 1. The molecule has 8 aliphatic rings. The predicted octanol–water partition coefficient (Wildman–Crippen LogP) is 5.35. The molecule has 2 fully saturated rings. The van der Waals surface area contributed by atoms with Crippen LogP contribution in [0.25, 0.3) is 5.57 Å². The number of rotatable bonds is 6. The lowest BCUT2D eigenvalue weighted by Crippen LogP contribution is -2.69. The number of nitrogen functional groups attached to an aromatic ring is 1. The van der Waals surface area contributed by atoms with Crippen molar-refractivity contribution in [3.8, 4) is 34.8 Å². The predicted molar refractivity (Wildman–Crippen MR) is 226 cm³/mol. The number of carbonyl (C=O) groups is 2. The van der Waals surface area contributed by atoms with Gasteiger partial charge in [-0.1, -0.05) is 38.1 Å². The number of ether oxygens (including phenoxy) is 5. The topological polar surface area (TPSA) is 181 Å². The minimum atomic E-state index is -1.51. The van der Waals surface area contributed by atoms with Crippen LogP contribution in [0.5, 0.6) is 28.7 Å². The number of nitrogens with zero attached hydrogens (tertiary/aromatic N) is 3. The number of thioether (sulfide) groups is 1. The molecule has 3 aromatic carbocycles. The van der Waals surface area contributed by atoms with Gasteiger partial charge in [-0.3, -0.25) is 19.9 Å². The number of benzene rings is 3. The number of carbonyl (C=O) groups excluding carboxylic acids is 2. The molecule has 8 atom stereocenters. The summed E-state index contributed by atoms with van der Waals surface area (Å²) in [6.45, 7) is 11.9. The van der Waals surface area contributed by atoms with E-state index in [0.717, 1.165) is 27.8 Å². The van der Waals surface area contributed by atoms with Gasteiger partial charge in [-0.15, -0.1) is 11.8 Å². The van der Waals surface area contributed by atoms with Crippen molar-refractivity contribution in [3.05, 3.63) is 74.8 Å². The van der Waals surface area contributed by atoms with Gasteiger partial charge in [-0.05, 0) is 62.6 Å². The number of fused-ring (bicyclic) bond motifs is 4. The number of methoxy groups -OCH3 is 1. The molecule has 4 bridgehead atoms. The minimum Gasteiger partial charge on any atom is -0.504 e. The first-order valence-corrected chi connectivity index (χ1v) is 21.4. The van der Waals surface area contributed by atoms with Gasteiger partial charge in [0, 0.05) is 78.1 Å². The van der Waals surface area contributed by atoms with Crippen LogP contribution in [0.2, 0.25) is 0 Å². The maximum Gasteiger partial charge on any atom is 0.341 e. The van der Waals surface area contributed by atoms with Gasteiger partial charge < -0.3 is 39.8 Å². The smallest absolute Gasteiger partial charge is 0.341 e. The molecule has 8 heterocycles. The van der Waals surface area contributed by atoms with Crippen LogP contribution in [-0.2, 0) is 20.7 Å². The number of anilines is 1. The maximum absolute atomic E-state index is 15.4. The number of aromatic hydroxyl groups is 1. The van der Waals surface area contributed by atoms with Crippen LogP contribution in [0.1, 0.15) is 90.4 Å². The van der Waals surface area contributed by atoms with Crippen molar-refractivity contribution < 1.29 is 38.4 Å². The summed E-state index contributed by atoms with van der Waals surface area (Å²) < 4.78 is 31.2. The highest BCUT2D eigenvalue weighted by Gasteiger charge is 2.66. The molecule has 0 radical (unpaired) electrons. The normalized spacial score (nSPS) is 30.1. The van der Waals surface area contributed by atoms with Crippen molar-refractivity contribution >= 4 is 35.0 Å². The van der Waals surface area contributed by atoms with E-state index in [-0.39, 0.29) is 37.7 Å². The molecular weight excluding hydrogens is 785 g/mol. The van der Waals surface area contributed by atoms with E-state index in [2.05, 4.69) is 40.4 Å². The molecule has 0 saturated carbocycles. The van der Waals surface area contributed by atoms with Crippen molar-refractivity contribution in [2.45, 2.75) is 100 Å². The molecule has 14 nitrogen and oxygen atoms in total. The van der Waals surface area contributed by atoms with Crippen molar-refractivity contribution in [1.82, 2.24) is 20.4 Å². The van der Waals surface area contributed by atoms with Crippen LogP contribution in [0.4, 0.5) is 5.69 Å². The number of hydrogen-bond acceptors (Lipinski definition) is 15. The molecular formula is C45H52N6O8S. The number of nitriles is 1. The lowest BCUT2D eigenvalue weighted by molar-refractivity contribution is -0.152. The van der Waals surface area contributed by atoms with Gasteiger partial charge in [0.05, 0.1) is 30.5 Å². The Labute approximate surface area is 354 Å². The molecule has 1 spiro atoms. The Balaban J connectivity index is 1.38. The van der Waals surface area contributed by atoms with Gasteiger partial charge >= 0.3 is 11.9 Å². The zero-order chi connectivity index (χ0) is 42.6. The molecule has 11 rings (SSSR count). The Bertz CT molecular complexity index is 2410. The molecule has 5 N–H and O–H groups in total. The quantitative estimate of drug-likeness (QED) is 0.142. The van der Waals surface area contributed by atoms with Gasteiger partial charge in [-0.25, -0.2) is 4.79 Å². The standard InChI is InChI=1S/C45H52N6O8S/c1-21(2)48-16-27-14-29(28-11-9-10-12-30(28)47)24(5)45(49-27)43(54)56-17-31-33-34(39(59-25(6)52)23(4)40-41(33)58-20-57-40)42(60-45)36-35-32-26(13-22(3)38(55-8)37(32)53)15-44(18-46,51(31)36)19-50(35)7/h9-13,21,27,31,35-36,42,48-49,53H,14-17,19-20,47H2,1-8H3/t27-,31+,35?,36-,42-,44?,45+/m1/s1. The van der Waals surface area contributed by atoms with Crippen LogP contribution in [-0.4, -0.2) is 96.0 Å².